The molecule has 1 aliphatic heterocycles. The van der Waals surface area contributed by atoms with Crippen LogP contribution < -0.4 is 14.2 Å². The van der Waals surface area contributed by atoms with Crippen molar-refractivity contribution in [3.8, 4) is 28.5 Å². The Morgan fingerprint density at radius 1 is 1.03 bits per heavy atom. The van der Waals surface area contributed by atoms with Gasteiger partial charge in [-0.25, -0.2) is 4.98 Å². The van der Waals surface area contributed by atoms with Crippen molar-refractivity contribution in [3.05, 3.63) is 71.9 Å². The molecule has 4 nitrogen and oxygen atoms in total. The summed E-state index contributed by atoms with van der Waals surface area (Å²) in [4.78, 5) is 4.37. The number of benzene rings is 2. The summed E-state index contributed by atoms with van der Waals surface area (Å²) in [5, 5.41) is 0. The summed E-state index contributed by atoms with van der Waals surface area (Å²) >= 11 is 1.85. The van der Waals surface area contributed by atoms with Crippen LogP contribution in [0.5, 0.6) is 17.4 Å². The predicted molar refractivity (Wildman–Crippen MR) is 118 cm³/mol. The Bertz CT molecular complexity index is 943. The van der Waals surface area contributed by atoms with Gasteiger partial charge >= 0.3 is 0 Å². The van der Waals surface area contributed by atoms with Crippen molar-refractivity contribution in [1.29, 1.82) is 0 Å². The highest BCUT2D eigenvalue weighted by molar-refractivity contribution is 7.98. The Hall–Kier alpha value is -2.66. The number of thioether (sulfide) groups is 1. The highest BCUT2D eigenvalue weighted by Crippen LogP contribution is 2.28. The van der Waals surface area contributed by atoms with E-state index in [-0.39, 0.29) is 0 Å². The van der Waals surface area contributed by atoms with Crippen LogP contribution in [-0.4, -0.2) is 30.2 Å². The summed E-state index contributed by atoms with van der Waals surface area (Å²) in [5.41, 5.74) is 4.57. The lowest BCUT2D eigenvalue weighted by Gasteiger charge is -2.10. The largest absolute Gasteiger partial charge is 0.494 e. The van der Waals surface area contributed by atoms with Crippen molar-refractivity contribution in [2.24, 2.45) is 0 Å². The Morgan fingerprint density at radius 3 is 2.79 bits per heavy atom. The topological polar surface area (TPSA) is 40.6 Å². The van der Waals surface area contributed by atoms with E-state index in [1.807, 2.05) is 36.2 Å². The minimum absolute atomic E-state index is 0.469. The Kier molecular flexibility index (Phi) is 6.57. The maximum Gasteiger partial charge on any atom is 0.217 e. The van der Waals surface area contributed by atoms with Crippen LogP contribution in [0.4, 0.5) is 0 Å². The minimum Gasteiger partial charge on any atom is -0.494 e. The lowest BCUT2D eigenvalue weighted by atomic mass is 10.0. The molecule has 0 N–H and O–H groups in total. The zero-order valence-electron chi connectivity index (χ0n) is 16.6. The molecule has 0 atom stereocenters. The average Bonchev–Trinajstić information content (AvgIpc) is 3.24. The van der Waals surface area contributed by atoms with Gasteiger partial charge in [0.1, 0.15) is 18.1 Å². The summed E-state index contributed by atoms with van der Waals surface area (Å²) < 4.78 is 17.3. The second kappa shape index (κ2) is 9.70. The van der Waals surface area contributed by atoms with Gasteiger partial charge in [-0.05, 0) is 53.3 Å². The molecule has 0 radical (unpaired) electrons. The highest BCUT2D eigenvalue weighted by Gasteiger charge is 2.13. The molecule has 150 valence electrons. The lowest BCUT2D eigenvalue weighted by Crippen LogP contribution is -1.98. The molecule has 0 aliphatic carbocycles. The Morgan fingerprint density at radius 2 is 1.93 bits per heavy atom. The van der Waals surface area contributed by atoms with Gasteiger partial charge in [0, 0.05) is 24.2 Å². The van der Waals surface area contributed by atoms with Crippen LogP contribution in [0.2, 0.25) is 0 Å². The van der Waals surface area contributed by atoms with E-state index in [2.05, 4.69) is 47.6 Å². The molecule has 5 heteroatoms. The van der Waals surface area contributed by atoms with Crippen LogP contribution in [0.15, 0.2) is 60.8 Å². The van der Waals surface area contributed by atoms with Crippen molar-refractivity contribution >= 4 is 11.8 Å². The van der Waals surface area contributed by atoms with Crippen LogP contribution in [0.25, 0.3) is 11.1 Å². The van der Waals surface area contributed by atoms with Gasteiger partial charge in [-0.1, -0.05) is 30.3 Å². The Balaban J connectivity index is 1.37. The molecule has 0 saturated carbocycles. The first-order valence-electron chi connectivity index (χ1n) is 9.87. The molecule has 0 saturated heterocycles. The van der Waals surface area contributed by atoms with Crippen LogP contribution in [-0.2, 0) is 13.0 Å². The number of ether oxygens (including phenoxy) is 3. The number of hydrogen-bond donors (Lipinski definition) is 0. The standard InChI is InChI=1S/C24H25NO3S/c1-29-13-3-11-26-22-8-6-19(7-9-22)20-5-2-4-18(14-20)17-28-24-15-23-21(16-25-24)10-12-27-23/h2,4-9,14-16H,3,10-13,17H2,1H3. The van der Waals surface area contributed by atoms with Crippen molar-refractivity contribution in [1.82, 2.24) is 4.98 Å². The van der Waals surface area contributed by atoms with Gasteiger partial charge in [-0.2, -0.15) is 11.8 Å². The maximum absolute atomic E-state index is 5.88. The number of nitrogens with zero attached hydrogens (tertiary/aromatic N) is 1. The molecule has 0 spiro atoms. The summed E-state index contributed by atoms with van der Waals surface area (Å²) in [6, 6.07) is 18.5. The SMILES string of the molecule is CSCCCOc1ccc(-c2cccc(COc3cc4c(cn3)CCO4)c2)cc1. The van der Waals surface area contributed by atoms with Crippen LogP contribution in [0.3, 0.4) is 0 Å². The molecule has 0 unspecified atom stereocenters. The number of pyridine rings is 1. The fourth-order valence-corrected chi connectivity index (χ4v) is 3.66. The molecule has 2 aromatic carbocycles. The van der Waals surface area contributed by atoms with E-state index in [0.29, 0.717) is 12.5 Å². The second-order valence-electron chi connectivity index (χ2n) is 6.94. The first-order valence-corrected chi connectivity index (χ1v) is 11.3. The van der Waals surface area contributed by atoms with E-state index >= 15 is 0 Å². The number of rotatable bonds is 9. The molecule has 0 bridgehead atoms. The fourth-order valence-electron chi connectivity index (χ4n) is 3.25. The van der Waals surface area contributed by atoms with Gasteiger partial charge in [-0.15, -0.1) is 0 Å². The molecule has 3 aromatic rings. The van der Waals surface area contributed by atoms with Gasteiger partial charge in [0.15, 0.2) is 0 Å². The van der Waals surface area contributed by atoms with Crippen LogP contribution in [0.1, 0.15) is 17.5 Å². The molecule has 1 aromatic heterocycles. The molecule has 0 fully saturated rings. The monoisotopic (exact) mass is 407 g/mol. The van der Waals surface area contributed by atoms with Gasteiger partial charge in [0.2, 0.25) is 5.88 Å². The van der Waals surface area contributed by atoms with Crippen molar-refractivity contribution in [3.63, 3.8) is 0 Å². The molecule has 4 rings (SSSR count). The lowest BCUT2D eigenvalue weighted by molar-refractivity contribution is 0.290. The highest BCUT2D eigenvalue weighted by atomic mass is 32.2. The summed E-state index contributed by atoms with van der Waals surface area (Å²) in [7, 11) is 0. The molecule has 29 heavy (non-hydrogen) atoms. The third kappa shape index (κ3) is 5.24. The normalized spacial score (nSPS) is 12.3. The minimum atomic E-state index is 0.469. The number of aromatic nitrogens is 1. The van der Waals surface area contributed by atoms with Gasteiger partial charge in [0.25, 0.3) is 0 Å². The smallest absolute Gasteiger partial charge is 0.217 e. The number of hydrogen-bond acceptors (Lipinski definition) is 5. The third-order valence-electron chi connectivity index (χ3n) is 4.81. The van der Waals surface area contributed by atoms with Crippen molar-refractivity contribution in [2.45, 2.75) is 19.4 Å². The van der Waals surface area contributed by atoms with E-state index < -0.39 is 0 Å². The van der Waals surface area contributed by atoms with Gasteiger partial charge < -0.3 is 14.2 Å². The van der Waals surface area contributed by atoms with E-state index in [1.54, 1.807) is 0 Å². The zero-order valence-corrected chi connectivity index (χ0v) is 17.4. The first-order chi connectivity index (χ1) is 14.3. The summed E-state index contributed by atoms with van der Waals surface area (Å²) in [6.45, 7) is 1.95. The van der Waals surface area contributed by atoms with E-state index in [4.69, 9.17) is 14.2 Å². The van der Waals surface area contributed by atoms with Gasteiger partial charge in [0.05, 0.1) is 13.2 Å². The van der Waals surface area contributed by atoms with E-state index in [0.717, 1.165) is 65.6 Å². The number of fused-ring (bicyclic) bond motifs is 1. The summed E-state index contributed by atoms with van der Waals surface area (Å²) in [6.07, 6.45) is 5.95. The van der Waals surface area contributed by atoms with Crippen molar-refractivity contribution in [2.75, 3.05) is 25.2 Å². The molecule has 2 heterocycles. The average molecular weight is 408 g/mol. The van der Waals surface area contributed by atoms with E-state index in [1.165, 1.54) is 0 Å². The van der Waals surface area contributed by atoms with Gasteiger partial charge in [-0.3, -0.25) is 0 Å². The summed E-state index contributed by atoms with van der Waals surface area (Å²) in [5.74, 6) is 3.53. The molecule has 1 aliphatic rings. The van der Waals surface area contributed by atoms with E-state index in [9.17, 15) is 0 Å². The Labute approximate surface area is 176 Å². The second-order valence-corrected chi connectivity index (χ2v) is 7.92. The zero-order chi connectivity index (χ0) is 19.9. The predicted octanol–water partition coefficient (Wildman–Crippen LogP) is 5.39. The van der Waals surface area contributed by atoms with Crippen molar-refractivity contribution < 1.29 is 14.2 Å². The molecule has 0 amide bonds. The first kappa shape index (κ1) is 19.6. The fraction of sp³-hybridized carbons (Fsp3) is 0.292. The molecular weight excluding hydrogens is 382 g/mol. The third-order valence-corrected chi connectivity index (χ3v) is 5.51. The quantitative estimate of drug-likeness (QED) is 0.445. The molecular formula is C24H25NO3S. The van der Waals surface area contributed by atoms with Crippen LogP contribution >= 0.6 is 11.8 Å². The maximum atomic E-state index is 5.88. The van der Waals surface area contributed by atoms with Crippen LogP contribution in [0, 0.1) is 0 Å².